The molecule has 2 aliphatic rings. The van der Waals surface area contributed by atoms with Crippen LogP contribution >= 0.6 is 0 Å². The topological polar surface area (TPSA) is 132 Å². The van der Waals surface area contributed by atoms with E-state index in [1.54, 1.807) is 18.2 Å². The van der Waals surface area contributed by atoms with Gasteiger partial charge in [0.25, 0.3) is 0 Å². The maximum absolute atomic E-state index is 13.8. The van der Waals surface area contributed by atoms with E-state index in [1.807, 2.05) is 6.07 Å². The Morgan fingerprint density at radius 2 is 2.00 bits per heavy atom. The van der Waals surface area contributed by atoms with Crippen LogP contribution < -0.4 is 10.5 Å². The Labute approximate surface area is 172 Å². The number of nitriles is 1. The summed E-state index contributed by atoms with van der Waals surface area (Å²) in [6.07, 6.45) is 4.99. The Kier molecular flexibility index (Phi) is 5.22. The number of carbonyl (C=O) groups is 3. The number of methoxy groups -OCH3 is 2. The fourth-order valence-electron chi connectivity index (χ4n) is 3.78. The van der Waals surface area contributed by atoms with Gasteiger partial charge in [0.15, 0.2) is 5.41 Å². The summed E-state index contributed by atoms with van der Waals surface area (Å²) in [4.78, 5) is 39.9. The summed E-state index contributed by atoms with van der Waals surface area (Å²) in [5.74, 6) is -0.168. The highest BCUT2D eigenvalue weighted by molar-refractivity contribution is 6.13. The molecule has 30 heavy (non-hydrogen) atoms. The summed E-state index contributed by atoms with van der Waals surface area (Å²) in [5.41, 5.74) is 3.67. The van der Waals surface area contributed by atoms with Gasteiger partial charge < -0.3 is 24.8 Å². The smallest absolute Gasteiger partial charge is 0.337 e. The molecule has 0 aromatic heterocycles. The number of esters is 2. The highest BCUT2D eigenvalue weighted by Crippen LogP contribution is 2.54. The molecule has 9 nitrogen and oxygen atoms in total. The molecular formula is C21H17N3O6. The van der Waals surface area contributed by atoms with Crippen molar-refractivity contribution in [2.24, 2.45) is 5.73 Å². The van der Waals surface area contributed by atoms with E-state index >= 15 is 0 Å². The van der Waals surface area contributed by atoms with Crippen LogP contribution in [0.3, 0.4) is 0 Å². The number of nitrogens with zero attached hydrogens (tertiary/aromatic N) is 2. The number of carbonyl (C=O) groups excluding carboxylic acids is 3. The SMILES string of the molecule is C#CCN1C(=O)[C@@]2(C(C#N)=C(N)Oc3ccccc32)C(C(=O)OC)=C1CC(=O)OC. The molecule has 0 unspecified atom stereocenters. The molecule has 2 aliphatic heterocycles. The first-order chi connectivity index (χ1) is 14.4. The normalized spacial score (nSPS) is 19.7. The number of ether oxygens (including phenoxy) is 3. The van der Waals surface area contributed by atoms with E-state index < -0.39 is 29.7 Å². The molecule has 1 spiro atoms. The van der Waals surface area contributed by atoms with Crippen molar-refractivity contribution in [3.63, 3.8) is 0 Å². The summed E-state index contributed by atoms with van der Waals surface area (Å²) < 4.78 is 15.2. The van der Waals surface area contributed by atoms with E-state index in [2.05, 4.69) is 5.92 Å². The molecule has 0 bridgehead atoms. The fraction of sp³-hybridized carbons (Fsp3) is 0.238. The van der Waals surface area contributed by atoms with Crippen LogP contribution in [0.1, 0.15) is 12.0 Å². The van der Waals surface area contributed by atoms with Crippen molar-refractivity contribution in [1.29, 1.82) is 5.26 Å². The number of nitrogens with two attached hydrogens (primary N) is 1. The number of rotatable bonds is 4. The van der Waals surface area contributed by atoms with E-state index in [-0.39, 0.29) is 40.6 Å². The van der Waals surface area contributed by atoms with Gasteiger partial charge in [0, 0.05) is 11.3 Å². The minimum atomic E-state index is -1.97. The van der Waals surface area contributed by atoms with Crippen LogP contribution in [0, 0.1) is 23.7 Å². The van der Waals surface area contributed by atoms with E-state index in [0.717, 1.165) is 12.0 Å². The number of hydrogen-bond donors (Lipinski definition) is 1. The minimum absolute atomic E-state index is 0.0195. The van der Waals surface area contributed by atoms with Gasteiger partial charge in [-0.2, -0.15) is 5.26 Å². The van der Waals surface area contributed by atoms with Gasteiger partial charge in [0.05, 0.1) is 32.8 Å². The molecule has 1 aromatic carbocycles. The van der Waals surface area contributed by atoms with Crippen molar-refractivity contribution in [2.45, 2.75) is 11.8 Å². The third-order valence-corrected chi connectivity index (χ3v) is 4.98. The maximum Gasteiger partial charge on any atom is 0.337 e. The van der Waals surface area contributed by atoms with E-state index in [1.165, 1.54) is 13.2 Å². The zero-order chi connectivity index (χ0) is 22.1. The van der Waals surface area contributed by atoms with Gasteiger partial charge in [-0.05, 0) is 6.07 Å². The lowest BCUT2D eigenvalue weighted by molar-refractivity contribution is -0.140. The molecule has 0 saturated heterocycles. The molecule has 0 radical (unpaired) electrons. The predicted molar refractivity (Wildman–Crippen MR) is 102 cm³/mol. The zero-order valence-corrected chi connectivity index (χ0v) is 16.2. The Morgan fingerprint density at radius 3 is 2.60 bits per heavy atom. The monoisotopic (exact) mass is 407 g/mol. The largest absolute Gasteiger partial charge is 0.469 e. The number of hydrogen-bond acceptors (Lipinski definition) is 8. The maximum atomic E-state index is 13.8. The van der Waals surface area contributed by atoms with Crippen molar-refractivity contribution in [1.82, 2.24) is 4.90 Å². The second-order valence-electron chi connectivity index (χ2n) is 6.36. The summed E-state index contributed by atoms with van der Waals surface area (Å²) in [5, 5.41) is 9.89. The lowest BCUT2D eigenvalue weighted by Gasteiger charge is -2.35. The van der Waals surface area contributed by atoms with Gasteiger partial charge >= 0.3 is 11.9 Å². The number of fused-ring (bicyclic) bond motifs is 2. The Morgan fingerprint density at radius 1 is 1.30 bits per heavy atom. The molecule has 0 aliphatic carbocycles. The first-order valence-electron chi connectivity index (χ1n) is 8.70. The summed E-state index contributed by atoms with van der Waals surface area (Å²) in [7, 11) is 2.29. The number of benzene rings is 1. The first-order valence-corrected chi connectivity index (χ1v) is 8.70. The molecule has 9 heteroatoms. The zero-order valence-electron chi connectivity index (χ0n) is 16.2. The van der Waals surface area contributed by atoms with Crippen LogP contribution in [0.25, 0.3) is 0 Å². The molecule has 2 heterocycles. The van der Waals surface area contributed by atoms with Crippen molar-refractivity contribution < 1.29 is 28.6 Å². The Hall–Kier alpha value is -4.24. The number of terminal acetylenes is 1. The van der Waals surface area contributed by atoms with Crippen LogP contribution in [-0.4, -0.2) is 43.5 Å². The molecule has 1 atom stereocenters. The minimum Gasteiger partial charge on any atom is -0.469 e. The Bertz CT molecular complexity index is 1100. The number of amides is 1. The van der Waals surface area contributed by atoms with Crippen molar-refractivity contribution in [3.8, 4) is 24.2 Å². The van der Waals surface area contributed by atoms with Crippen LogP contribution in [0.5, 0.6) is 5.75 Å². The van der Waals surface area contributed by atoms with Crippen LogP contribution in [-0.2, 0) is 29.3 Å². The van der Waals surface area contributed by atoms with E-state index in [0.29, 0.717) is 0 Å². The molecule has 1 amide bonds. The lowest BCUT2D eigenvalue weighted by Crippen LogP contribution is -2.47. The molecule has 3 rings (SSSR count). The van der Waals surface area contributed by atoms with Gasteiger partial charge in [-0.15, -0.1) is 6.42 Å². The second kappa shape index (κ2) is 7.64. The summed E-state index contributed by atoms with van der Waals surface area (Å²) in [6, 6.07) is 8.24. The van der Waals surface area contributed by atoms with Gasteiger partial charge in [0.1, 0.15) is 17.4 Å². The predicted octanol–water partition coefficient (Wildman–Crippen LogP) is 0.476. The van der Waals surface area contributed by atoms with Gasteiger partial charge in [-0.1, -0.05) is 24.1 Å². The van der Waals surface area contributed by atoms with E-state index in [4.69, 9.17) is 26.4 Å². The first kappa shape index (κ1) is 20.5. The third-order valence-electron chi connectivity index (χ3n) is 4.98. The van der Waals surface area contributed by atoms with Crippen molar-refractivity contribution in [3.05, 3.63) is 52.6 Å². The summed E-state index contributed by atoms with van der Waals surface area (Å²) >= 11 is 0. The molecule has 0 fully saturated rings. The standard InChI is InChI=1S/C21H17N3O6/c1-4-9-24-14(10-16(25)28-2)17(19(26)29-3)21(20(24)27)12-7-5-6-8-15(12)30-18(23)13(21)11-22/h1,5-8H,9-10,23H2,2-3H3/t21-/m0/s1. The van der Waals surface area contributed by atoms with Crippen molar-refractivity contribution >= 4 is 17.8 Å². The van der Waals surface area contributed by atoms with Crippen LogP contribution in [0.4, 0.5) is 0 Å². The van der Waals surface area contributed by atoms with Gasteiger partial charge in [-0.25, -0.2) is 4.79 Å². The van der Waals surface area contributed by atoms with E-state index in [9.17, 15) is 19.6 Å². The average Bonchev–Trinajstić information content (AvgIpc) is 2.97. The average molecular weight is 407 g/mol. The molecule has 152 valence electrons. The Balaban J connectivity index is 2.48. The summed E-state index contributed by atoms with van der Waals surface area (Å²) in [6.45, 7) is -0.255. The van der Waals surface area contributed by atoms with Crippen LogP contribution in [0.15, 0.2) is 47.0 Å². The molecule has 2 N–H and O–H groups in total. The highest BCUT2D eigenvalue weighted by Gasteiger charge is 2.62. The molecule has 1 aromatic rings. The van der Waals surface area contributed by atoms with Gasteiger partial charge in [-0.3, -0.25) is 9.59 Å². The van der Waals surface area contributed by atoms with Crippen LogP contribution in [0.2, 0.25) is 0 Å². The fourth-order valence-corrected chi connectivity index (χ4v) is 3.78. The third kappa shape index (κ3) is 2.68. The molecular weight excluding hydrogens is 390 g/mol. The highest BCUT2D eigenvalue weighted by atomic mass is 16.5. The lowest BCUT2D eigenvalue weighted by atomic mass is 9.68. The van der Waals surface area contributed by atoms with Gasteiger partial charge in [0.2, 0.25) is 11.8 Å². The quantitative estimate of drug-likeness (QED) is 0.563. The van der Waals surface area contributed by atoms with Crippen molar-refractivity contribution in [2.75, 3.05) is 20.8 Å². The number of para-hydroxylation sites is 1. The second-order valence-corrected chi connectivity index (χ2v) is 6.36. The molecule has 0 saturated carbocycles.